The van der Waals surface area contributed by atoms with E-state index in [2.05, 4.69) is 4.98 Å². The molecule has 96 valence electrons. The molecule has 2 N–H and O–H groups in total. The molecule has 18 heavy (non-hydrogen) atoms. The molecule has 0 radical (unpaired) electrons. The van der Waals surface area contributed by atoms with E-state index in [4.69, 9.17) is 16.3 Å². The number of hydrogen-bond acceptors (Lipinski definition) is 2. The second-order valence-electron chi connectivity index (χ2n) is 4.29. The number of nitrogens with one attached hydrogen (secondary N) is 1. The van der Waals surface area contributed by atoms with Crippen molar-refractivity contribution in [2.75, 3.05) is 7.11 Å². The van der Waals surface area contributed by atoms with E-state index in [0.717, 1.165) is 28.1 Å². The maximum absolute atomic E-state index is 9.22. The molecule has 4 heteroatoms. The Morgan fingerprint density at radius 2 is 2.00 bits per heavy atom. The van der Waals surface area contributed by atoms with Gasteiger partial charge in [-0.2, -0.15) is 0 Å². The first kappa shape index (κ1) is 13.0. The van der Waals surface area contributed by atoms with Crippen molar-refractivity contribution in [1.29, 1.82) is 0 Å². The number of aryl methyl sites for hydroxylation is 2. The number of halogens is 1. The Morgan fingerprint density at radius 3 is 2.56 bits per heavy atom. The fourth-order valence-electron chi connectivity index (χ4n) is 2.01. The van der Waals surface area contributed by atoms with E-state index in [0.29, 0.717) is 10.8 Å². The molecule has 0 amide bonds. The number of aromatic amines is 1. The molecule has 0 atom stereocenters. The Balaban J connectivity index is 2.53. The first-order chi connectivity index (χ1) is 8.56. The number of H-pyrrole nitrogens is 1. The van der Waals surface area contributed by atoms with Crippen molar-refractivity contribution in [2.24, 2.45) is 0 Å². The molecule has 0 aliphatic heterocycles. The number of aliphatic hydroxyl groups excluding tert-OH is 1. The normalized spacial score (nSPS) is 10.7. The van der Waals surface area contributed by atoms with Crippen LogP contribution in [0.2, 0.25) is 5.02 Å². The second kappa shape index (κ2) is 5.04. The van der Waals surface area contributed by atoms with Crippen LogP contribution in [-0.4, -0.2) is 17.2 Å². The molecule has 2 rings (SSSR count). The van der Waals surface area contributed by atoms with Gasteiger partial charge in [0, 0.05) is 17.0 Å². The highest BCUT2D eigenvalue weighted by molar-refractivity contribution is 6.32. The number of benzene rings is 1. The number of rotatable bonds is 3. The molecule has 0 aliphatic carbocycles. The minimum Gasteiger partial charge on any atom is -0.495 e. The average molecular weight is 266 g/mol. The Morgan fingerprint density at radius 1 is 1.28 bits per heavy atom. The van der Waals surface area contributed by atoms with Crippen molar-refractivity contribution in [3.05, 3.63) is 40.0 Å². The lowest BCUT2D eigenvalue weighted by Crippen LogP contribution is -1.89. The van der Waals surface area contributed by atoms with Crippen molar-refractivity contribution in [2.45, 2.75) is 20.5 Å². The maximum Gasteiger partial charge on any atom is 0.137 e. The van der Waals surface area contributed by atoms with Crippen molar-refractivity contribution in [3.8, 4) is 17.0 Å². The van der Waals surface area contributed by atoms with Crippen molar-refractivity contribution in [1.82, 2.24) is 4.98 Å². The summed E-state index contributed by atoms with van der Waals surface area (Å²) in [6, 6.07) is 5.73. The summed E-state index contributed by atoms with van der Waals surface area (Å²) in [4.78, 5) is 3.26. The van der Waals surface area contributed by atoms with Gasteiger partial charge in [0.05, 0.1) is 18.7 Å². The van der Waals surface area contributed by atoms with Crippen LogP contribution in [0.15, 0.2) is 18.2 Å². The molecule has 1 aromatic carbocycles. The lowest BCUT2D eigenvalue weighted by atomic mass is 10.1. The molecule has 2 aromatic rings. The van der Waals surface area contributed by atoms with Crippen LogP contribution in [0.4, 0.5) is 0 Å². The minimum absolute atomic E-state index is 0.0330. The number of methoxy groups -OCH3 is 1. The maximum atomic E-state index is 9.22. The van der Waals surface area contributed by atoms with Gasteiger partial charge in [-0.25, -0.2) is 0 Å². The molecule has 1 aromatic heterocycles. The zero-order chi connectivity index (χ0) is 13.3. The van der Waals surface area contributed by atoms with Gasteiger partial charge in [-0.1, -0.05) is 11.6 Å². The van der Waals surface area contributed by atoms with E-state index in [1.807, 2.05) is 32.0 Å². The van der Waals surface area contributed by atoms with Gasteiger partial charge in [-0.3, -0.25) is 0 Å². The molecular weight excluding hydrogens is 250 g/mol. The monoisotopic (exact) mass is 265 g/mol. The highest BCUT2D eigenvalue weighted by Gasteiger charge is 2.11. The second-order valence-corrected chi connectivity index (χ2v) is 4.70. The first-order valence-corrected chi connectivity index (χ1v) is 6.08. The third-order valence-corrected chi connectivity index (χ3v) is 3.38. The van der Waals surface area contributed by atoms with Crippen LogP contribution in [0.1, 0.15) is 16.8 Å². The van der Waals surface area contributed by atoms with E-state index >= 15 is 0 Å². The van der Waals surface area contributed by atoms with Crippen LogP contribution < -0.4 is 4.74 Å². The number of aliphatic hydroxyl groups is 1. The SMILES string of the molecule is COc1cc(C)c(-c2cc(CO)c(C)[nH]2)cc1Cl. The van der Waals surface area contributed by atoms with E-state index in [-0.39, 0.29) is 6.61 Å². The summed E-state index contributed by atoms with van der Waals surface area (Å²) in [5.41, 5.74) is 4.92. The van der Waals surface area contributed by atoms with Crippen LogP contribution in [-0.2, 0) is 6.61 Å². The van der Waals surface area contributed by atoms with Crippen LogP contribution in [0.3, 0.4) is 0 Å². The Kier molecular flexibility index (Phi) is 3.64. The molecule has 0 aliphatic rings. The predicted molar refractivity (Wildman–Crippen MR) is 73.2 cm³/mol. The largest absolute Gasteiger partial charge is 0.495 e. The molecule has 0 saturated heterocycles. The number of hydrogen-bond donors (Lipinski definition) is 2. The fourth-order valence-corrected chi connectivity index (χ4v) is 2.25. The molecule has 0 unspecified atom stereocenters. The summed E-state index contributed by atoms with van der Waals surface area (Å²) in [5.74, 6) is 0.670. The van der Waals surface area contributed by atoms with Crippen LogP contribution in [0, 0.1) is 13.8 Å². The van der Waals surface area contributed by atoms with Gasteiger partial charge < -0.3 is 14.8 Å². The van der Waals surface area contributed by atoms with Gasteiger partial charge in [0.25, 0.3) is 0 Å². The van der Waals surface area contributed by atoms with Gasteiger partial charge >= 0.3 is 0 Å². The van der Waals surface area contributed by atoms with E-state index in [9.17, 15) is 5.11 Å². The fraction of sp³-hybridized carbons (Fsp3) is 0.286. The molecule has 3 nitrogen and oxygen atoms in total. The minimum atomic E-state index is 0.0330. The zero-order valence-corrected chi connectivity index (χ0v) is 11.4. The lowest BCUT2D eigenvalue weighted by molar-refractivity contribution is 0.281. The van der Waals surface area contributed by atoms with Crippen LogP contribution >= 0.6 is 11.6 Å². The van der Waals surface area contributed by atoms with Crippen LogP contribution in [0.25, 0.3) is 11.3 Å². The van der Waals surface area contributed by atoms with Gasteiger partial charge in [0.15, 0.2) is 0 Å². The number of ether oxygens (including phenoxy) is 1. The quantitative estimate of drug-likeness (QED) is 0.893. The molecule has 1 heterocycles. The van der Waals surface area contributed by atoms with E-state index < -0.39 is 0 Å². The molecule has 0 bridgehead atoms. The molecule has 0 spiro atoms. The summed E-state index contributed by atoms with van der Waals surface area (Å²) in [6.45, 7) is 3.98. The summed E-state index contributed by atoms with van der Waals surface area (Å²) < 4.78 is 5.18. The Hall–Kier alpha value is -1.45. The summed E-state index contributed by atoms with van der Waals surface area (Å²) in [6.07, 6.45) is 0. The van der Waals surface area contributed by atoms with Gasteiger partial charge in [0.1, 0.15) is 5.75 Å². The van der Waals surface area contributed by atoms with E-state index in [1.54, 1.807) is 7.11 Å². The van der Waals surface area contributed by atoms with Crippen molar-refractivity contribution < 1.29 is 9.84 Å². The van der Waals surface area contributed by atoms with Crippen molar-refractivity contribution >= 4 is 11.6 Å². The standard InChI is InChI=1S/C14H16ClNO2/c1-8-4-14(18-3)12(15)6-11(8)13-5-10(7-17)9(2)16-13/h4-6,16-17H,7H2,1-3H3. The Bertz CT molecular complexity index is 575. The topological polar surface area (TPSA) is 45.2 Å². The lowest BCUT2D eigenvalue weighted by Gasteiger charge is -2.09. The summed E-state index contributed by atoms with van der Waals surface area (Å²) in [7, 11) is 1.60. The van der Waals surface area contributed by atoms with Gasteiger partial charge in [-0.15, -0.1) is 0 Å². The molecular formula is C14H16ClNO2. The molecule has 0 fully saturated rings. The van der Waals surface area contributed by atoms with Gasteiger partial charge in [0.2, 0.25) is 0 Å². The average Bonchev–Trinajstić information content (AvgIpc) is 2.72. The summed E-state index contributed by atoms with van der Waals surface area (Å²) >= 11 is 6.14. The third-order valence-electron chi connectivity index (χ3n) is 3.08. The van der Waals surface area contributed by atoms with Crippen molar-refractivity contribution in [3.63, 3.8) is 0 Å². The highest BCUT2D eigenvalue weighted by atomic mass is 35.5. The van der Waals surface area contributed by atoms with Gasteiger partial charge in [-0.05, 0) is 43.2 Å². The predicted octanol–water partition coefficient (Wildman–Crippen LogP) is 3.45. The third kappa shape index (κ3) is 2.24. The Labute approximate surface area is 111 Å². The smallest absolute Gasteiger partial charge is 0.137 e. The number of aromatic nitrogens is 1. The van der Waals surface area contributed by atoms with E-state index in [1.165, 1.54) is 0 Å². The van der Waals surface area contributed by atoms with Crippen LogP contribution in [0.5, 0.6) is 5.75 Å². The highest BCUT2D eigenvalue weighted by Crippen LogP contribution is 2.33. The zero-order valence-electron chi connectivity index (χ0n) is 10.7. The summed E-state index contributed by atoms with van der Waals surface area (Å²) in [5, 5.41) is 9.80. The first-order valence-electron chi connectivity index (χ1n) is 5.70. The molecule has 0 saturated carbocycles.